The zero-order valence-corrected chi connectivity index (χ0v) is 24.1. The summed E-state index contributed by atoms with van der Waals surface area (Å²) in [6.45, 7) is 3.85. The summed E-state index contributed by atoms with van der Waals surface area (Å²) in [7, 11) is 1.83. The second-order valence-corrected chi connectivity index (χ2v) is 13.0. The van der Waals surface area contributed by atoms with Crippen LogP contribution in [-0.4, -0.2) is 33.3 Å². The van der Waals surface area contributed by atoms with Gasteiger partial charge < -0.3 is 18.7 Å². The van der Waals surface area contributed by atoms with Gasteiger partial charge in [-0.15, -0.1) is 0 Å². The molecule has 1 amide bonds. The van der Waals surface area contributed by atoms with Crippen LogP contribution in [0, 0.1) is 37.3 Å². The van der Waals surface area contributed by atoms with Crippen LogP contribution >= 0.6 is 0 Å². The van der Waals surface area contributed by atoms with Gasteiger partial charge in [-0.05, 0) is 101 Å². The van der Waals surface area contributed by atoms with E-state index in [1.165, 1.54) is 6.07 Å². The normalized spacial score (nSPS) is 30.3. The highest BCUT2D eigenvalue weighted by atomic mass is 19.2. The number of nitrogens with zero attached hydrogens (tertiary/aromatic N) is 4. The fraction of sp³-hybridized carbons (Fsp3) is 0.485. The molecule has 218 valence electrons. The van der Waals surface area contributed by atoms with Gasteiger partial charge in [0.2, 0.25) is 5.91 Å². The lowest BCUT2D eigenvalue weighted by atomic mass is 9.62. The Morgan fingerprint density at radius 1 is 0.976 bits per heavy atom. The van der Waals surface area contributed by atoms with E-state index in [0.29, 0.717) is 5.69 Å². The van der Waals surface area contributed by atoms with Gasteiger partial charge in [0.1, 0.15) is 11.6 Å². The largest absolute Gasteiger partial charge is 0.378 e. The van der Waals surface area contributed by atoms with Crippen LogP contribution in [0.3, 0.4) is 0 Å². The first-order valence-corrected chi connectivity index (χ1v) is 15.0. The monoisotopic (exact) mass is 572 g/mol. The van der Waals surface area contributed by atoms with Crippen molar-refractivity contribution in [2.45, 2.75) is 82.4 Å². The van der Waals surface area contributed by atoms with Gasteiger partial charge in [0.15, 0.2) is 11.6 Å². The molecule has 4 aliphatic carbocycles. The molecule has 2 bridgehead atoms. The molecule has 5 fully saturated rings. The first-order valence-electron chi connectivity index (χ1n) is 15.0. The molecule has 3 atom stereocenters. The van der Waals surface area contributed by atoms with Crippen molar-refractivity contribution in [3.63, 3.8) is 0 Å². The third-order valence-corrected chi connectivity index (χ3v) is 10.8. The number of benzene rings is 2. The fourth-order valence-electron chi connectivity index (χ4n) is 8.34. The van der Waals surface area contributed by atoms with Crippen molar-refractivity contribution in [1.29, 1.82) is 0 Å². The molecule has 0 spiro atoms. The molecular formula is C33H34F2N4O3. The molecule has 4 saturated carbocycles. The number of fused-ring (bicyclic) bond motifs is 5. The molecule has 9 rings (SSSR count). The summed E-state index contributed by atoms with van der Waals surface area (Å²) in [6.07, 6.45) is 7.37. The van der Waals surface area contributed by atoms with Crippen molar-refractivity contribution in [3.8, 4) is 11.1 Å². The molecule has 3 heterocycles. The number of aromatic nitrogens is 3. The van der Waals surface area contributed by atoms with Gasteiger partial charge in [-0.3, -0.25) is 4.79 Å². The molecule has 7 nitrogen and oxygen atoms in total. The number of amides is 1. The summed E-state index contributed by atoms with van der Waals surface area (Å²) >= 11 is 0. The average Bonchev–Trinajstić information content (AvgIpc) is 3.58. The van der Waals surface area contributed by atoms with Crippen molar-refractivity contribution in [1.82, 2.24) is 14.7 Å². The van der Waals surface area contributed by atoms with Crippen molar-refractivity contribution in [2.24, 2.45) is 11.8 Å². The molecule has 0 unspecified atom stereocenters. The van der Waals surface area contributed by atoms with E-state index in [4.69, 9.17) is 14.2 Å². The minimum Gasteiger partial charge on any atom is -0.378 e. The molecule has 5 aliphatic rings. The second kappa shape index (κ2) is 8.96. The molecule has 2 aromatic carbocycles. The summed E-state index contributed by atoms with van der Waals surface area (Å²) in [6, 6.07) is 9.73. The predicted octanol–water partition coefficient (Wildman–Crippen LogP) is 7.15. The van der Waals surface area contributed by atoms with E-state index < -0.39 is 11.6 Å². The third-order valence-electron chi connectivity index (χ3n) is 10.8. The molecule has 2 aromatic heterocycles. The molecule has 0 N–H and O–H groups in total. The maximum atomic E-state index is 14.5. The number of methoxy groups -OCH3 is 1. The van der Waals surface area contributed by atoms with Crippen LogP contribution < -0.4 is 4.90 Å². The topological polar surface area (TPSA) is 73.4 Å². The van der Waals surface area contributed by atoms with Gasteiger partial charge >= 0.3 is 0 Å². The van der Waals surface area contributed by atoms with Gasteiger partial charge in [-0.1, -0.05) is 11.2 Å². The minimum atomic E-state index is -0.955. The Morgan fingerprint density at radius 3 is 2.40 bits per heavy atom. The van der Waals surface area contributed by atoms with E-state index >= 15 is 0 Å². The number of rotatable bonds is 5. The number of halogens is 2. The Hall–Kier alpha value is -3.59. The van der Waals surface area contributed by atoms with Gasteiger partial charge in [0.25, 0.3) is 0 Å². The van der Waals surface area contributed by atoms with Crippen molar-refractivity contribution >= 4 is 22.6 Å². The molecule has 4 aromatic rings. The number of carbonyl (C=O) groups excluding carboxylic acids is 1. The summed E-state index contributed by atoms with van der Waals surface area (Å²) in [4.78, 5) is 20.8. The maximum absolute atomic E-state index is 14.5. The van der Waals surface area contributed by atoms with E-state index in [1.807, 2.05) is 21.0 Å². The first kappa shape index (κ1) is 26.1. The summed E-state index contributed by atoms with van der Waals surface area (Å²) in [5.74, 6) is -0.106. The zero-order chi connectivity index (χ0) is 29.0. The number of aryl methyl sites for hydroxylation is 2. The number of anilines is 1. The van der Waals surface area contributed by atoms with Crippen LogP contribution in [0.5, 0.6) is 0 Å². The number of ether oxygens (including phenoxy) is 1. The Bertz CT molecular complexity index is 1720. The quantitative estimate of drug-likeness (QED) is 0.254. The standard InChI is InChI=1S/C33H34F2N4O3/c1-18-29(19(2)42-37-18)20-4-7-27-26(15-20)36-30(39(27)32-8-11-33(41-3,12-9-32)13-10-32)28-16-21-14-23(21)31(40)38(28)22-5-6-24(34)25(35)17-22/h4-7,15,17,21,23,28H,8-14,16H2,1-3H3/t21-,23-,28+,32?,33?/m0/s1. The molecule has 1 aliphatic heterocycles. The van der Waals surface area contributed by atoms with E-state index in [-0.39, 0.29) is 34.9 Å². The Morgan fingerprint density at radius 2 is 1.74 bits per heavy atom. The Balaban J connectivity index is 1.33. The SMILES string of the molecule is COC12CCC(n3c([C@H]4C[C@@H]5C[C@@H]5C(=O)N4c4ccc(F)c(F)c4)nc4cc(-c5c(C)noc5C)ccc43)(CC1)CC2. The van der Waals surface area contributed by atoms with E-state index in [1.54, 1.807) is 4.90 Å². The molecule has 42 heavy (non-hydrogen) atoms. The zero-order valence-electron chi connectivity index (χ0n) is 24.1. The van der Waals surface area contributed by atoms with E-state index in [2.05, 4.69) is 27.9 Å². The van der Waals surface area contributed by atoms with Crippen molar-refractivity contribution in [3.05, 3.63) is 65.3 Å². The van der Waals surface area contributed by atoms with Crippen LogP contribution in [0.25, 0.3) is 22.2 Å². The van der Waals surface area contributed by atoms with Crippen molar-refractivity contribution in [2.75, 3.05) is 12.0 Å². The fourth-order valence-corrected chi connectivity index (χ4v) is 8.34. The summed E-state index contributed by atoms with van der Waals surface area (Å²) < 4.78 is 42.4. The van der Waals surface area contributed by atoms with Crippen LogP contribution in [0.4, 0.5) is 14.5 Å². The Labute approximate surface area is 242 Å². The highest BCUT2D eigenvalue weighted by molar-refractivity contribution is 5.98. The van der Waals surface area contributed by atoms with Gasteiger partial charge in [0.05, 0.1) is 28.4 Å². The highest BCUT2D eigenvalue weighted by Gasteiger charge is 2.56. The average molecular weight is 573 g/mol. The maximum Gasteiger partial charge on any atom is 0.231 e. The van der Waals surface area contributed by atoms with Crippen LogP contribution in [0.15, 0.2) is 40.9 Å². The molecule has 0 radical (unpaired) electrons. The van der Waals surface area contributed by atoms with E-state index in [9.17, 15) is 13.6 Å². The number of imidazole rings is 1. The van der Waals surface area contributed by atoms with E-state index in [0.717, 1.165) is 103 Å². The second-order valence-electron chi connectivity index (χ2n) is 13.0. The summed E-state index contributed by atoms with van der Waals surface area (Å²) in [5.41, 5.74) is 4.81. The van der Waals surface area contributed by atoms with Crippen molar-refractivity contribution < 1.29 is 22.8 Å². The van der Waals surface area contributed by atoms with Gasteiger partial charge in [0, 0.05) is 35.9 Å². The van der Waals surface area contributed by atoms with Crippen LogP contribution in [-0.2, 0) is 15.1 Å². The molecule has 9 heteroatoms. The highest BCUT2D eigenvalue weighted by Crippen LogP contribution is 2.57. The van der Waals surface area contributed by atoms with Crippen LogP contribution in [0.2, 0.25) is 0 Å². The lowest BCUT2D eigenvalue weighted by Gasteiger charge is -2.54. The lowest BCUT2D eigenvalue weighted by Crippen LogP contribution is -2.53. The number of carbonyl (C=O) groups is 1. The minimum absolute atomic E-state index is 0.0273. The van der Waals surface area contributed by atoms with Crippen LogP contribution in [0.1, 0.15) is 74.7 Å². The number of hydrogen-bond acceptors (Lipinski definition) is 5. The Kier molecular flexibility index (Phi) is 5.56. The molecular weight excluding hydrogens is 538 g/mol. The molecule has 1 saturated heterocycles. The smallest absolute Gasteiger partial charge is 0.231 e. The number of piperidine rings is 1. The predicted molar refractivity (Wildman–Crippen MR) is 153 cm³/mol. The third kappa shape index (κ3) is 3.68. The number of hydrogen-bond donors (Lipinski definition) is 0. The lowest BCUT2D eigenvalue weighted by molar-refractivity contribution is -0.121. The van der Waals surface area contributed by atoms with Gasteiger partial charge in [-0.2, -0.15) is 0 Å². The van der Waals surface area contributed by atoms with Gasteiger partial charge in [-0.25, -0.2) is 13.8 Å². The summed E-state index contributed by atoms with van der Waals surface area (Å²) in [5, 5.41) is 4.15. The first-order chi connectivity index (χ1) is 20.2.